The zero-order valence-electron chi connectivity index (χ0n) is 10.8. The molecule has 2 nitrogen and oxygen atoms in total. The number of nitrogens with zero attached hydrogens (tertiary/aromatic N) is 1. The normalized spacial score (nSPS) is 13.1. The lowest BCUT2D eigenvalue weighted by molar-refractivity contribution is 0.646. The molecule has 2 rings (SSSR count). The molecule has 1 heterocycles. The molecule has 17 heavy (non-hydrogen) atoms. The summed E-state index contributed by atoms with van der Waals surface area (Å²) >= 11 is 0. The highest BCUT2D eigenvalue weighted by molar-refractivity contribution is 5.84. The molecule has 0 saturated carbocycles. The second kappa shape index (κ2) is 5.37. The van der Waals surface area contributed by atoms with E-state index in [1.165, 1.54) is 29.3 Å². The Hall–Kier alpha value is -1.28. The summed E-state index contributed by atoms with van der Waals surface area (Å²) in [4.78, 5) is 0. The van der Waals surface area contributed by atoms with Gasteiger partial charge in [-0.25, -0.2) is 0 Å². The Balaban J connectivity index is 2.39. The van der Waals surface area contributed by atoms with Crippen LogP contribution in [0.3, 0.4) is 0 Å². The molecule has 2 N–H and O–H groups in total. The maximum atomic E-state index is 5.92. The van der Waals surface area contributed by atoms with Crippen LogP contribution < -0.4 is 5.73 Å². The van der Waals surface area contributed by atoms with Gasteiger partial charge in [0, 0.05) is 29.7 Å². The van der Waals surface area contributed by atoms with Crippen molar-refractivity contribution in [3.63, 3.8) is 0 Å². The second-order valence-electron chi connectivity index (χ2n) is 4.90. The summed E-state index contributed by atoms with van der Waals surface area (Å²) in [5.74, 6) is 0. The minimum Gasteiger partial charge on any atom is -0.347 e. The van der Waals surface area contributed by atoms with E-state index in [0.717, 1.165) is 13.0 Å². The van der Waals surface area contributed by atoms with E-state index in [9.17, 15) is 0 Å². The van der Waals surface area contributed by atoms with Crippen LogP contribution in [0.1, 0.15) is 32.3 Å². The van der Waals surface area contributed by atoms with Crippen LogP contribution >= 0.6 is 0 Å². The molecular weight excluding hydrogens is 208 g/mol. The Morgan fingerprint density at radius 3 is 2.76 bits per heavy atom. The number of hydrogen-bond donors (Lipinski definition) is 1. The molecule has 1 aromatic heterocycles. The number of para-hydroxylation sites is 1. The van der Waals surface area contributed by atoms with Gasteiger partial charge >= 0.3 is 0 Å². The van der Waals surface area contributed by atoms with Gasteiger partial charge in [-0.05, 0) is 31.4 Å². The molecule has 0 spiro atoms. The summed E-state index contributed by atoms with van der Waals surface area (Å²) in [5, 5.41) is 1.36. The van der Waals surface area contributed by atoms with Crippen molar-refractivity contribution in [3.05, 3.63) is 36.0 Å². The lowest BCUT2D eigenvalue weighted by Crippen LogP contribution is -2.17. The second-order valence-corrected chi connectivity index (χ2v) is 4.90. The van der Waals surface area contributed by atoms with Gasteiger partial charge in [-0.3, -0.25) is 0 Å². The summed E-state index contributed by atoms with van der Waals surface area (Å²) < 4.78 is 2.37. The van der Waals surface area contributed by atoms with Crippen molar-refractivity contribution < 1.29 is 0 Å². The largest absolute Gasteiger partial charge is 0.347 e. The molecule has 0 aliphatic heterocycles. The van der Waals surface area contributed by atoms with Crippen molar-refractivity contribution in [2.45, 2.75) is 45.7 Å². The first-order valence-electron chi connectivity index (χ1n) is 6.54. The summed E-state index contributed by atoms with van der Waals surface area (Å²) in [6.07, 6.45) is 5.70. The monoisotopic (exact) mass is 230 g/mol. The molecule has 0 bridgehead atoms. The molecule has 0 saturated heterocycles. The SMILES string of the molecule is CCCCn1cc(CC(C)N)c2ccccc21. The van der Waals surface area contributed by atoms with E-state index >= 15 is 0 Å². The van der Waals surface area contributed by atoms with Gasteiger partial charge in [-0.2, -0.15) is 0 Å². The average molecular weight is 230 g/mol. The van der Waals surface area contributed by atoms with Crippen molar-refractivity contribution in [3.8, 4) is 0 Å². The van der Waals surface area contributed by atoms with Crippen LogP contribution in [0, 0.1) is 0 Å². The first-order chi connectivity index (χ1) is 8.22. The number of aromatic nitrogens is 1. The Labute approximate surface area is 103 Å². The van der Waals surface area contributed by atoms with Crippen LogP contribution in [-0.2, 0) is 13.0 Å². The van der Waals surface area contributed by atoms with E-state index in [1.807, 2.05) is 0 Å². The van der Waals surface area contributed by atoms with Crippen molar-refractivity contribution >= 4 is 10.9 Å². The summed E-state index contributed by atoms with van der Waals surface area (Å²) in [6, 6.07) is 8.85. The third-order valence-corrected chi connectivity index (χ3v) is 3.17. The molecule has 0 radical (unpaired) electrons. The molecule has 1 aromatic carbocycles. The van der Waals surface area contributed by atoms with E-state index in [1.54, 1.807) is 0 Å². The van der Waals surface area contributed by atoms with Crippen LogP contribution in [0.15, 0.2) is 30.5 Å². The van der Waals surface area contributed by atoms with Crippen LogP contribution in [0.4, 0.5) is 0 Å². The molecule has 0 aliphatic rings. The fourth-order valence-electron chi connectivity index (χ4n) is 2.35. The standard InChI is InChI=1S/C15H22N2/c1-3-4-9-17-11-13(10-12(2)16)14-7-5-6-8-15(14)17/h5-8,11-12H,3-4,9-10,16H2,1-2H3. The highest BCUT2D eigenvalue weighted by Gasteiger charge is 2.08. The molecule has 0 fully saturated rings. The molecule has 92 valence electrons. The van der Waals surface area contributed by atoms with Gasteiger partial charge in [0.2, 0.25) is 0 Å². The van der Waals surface area contributed by atoms with Crippen LogP contribution in [0.5, 0.6) is 0 Å². The lowest BCUT2D eigenvalue weighted by atomic mass is 10.1. The Bertz CT molecular complexity index is 483. The van der Waals surface area contributed by atoms with E-state index in [2.05, 4.69) is 48.9 Å². The fourth-order valence-corrected chi connectivity index (χ4v) is 2.35. The summed E-state index contributed by atoms with van der Waals surface area (Å²) in [5.41, 5.74) is 8.64. The van der Waals surface area contributed by atoms with Gasteiger partial charge in [-0.1, -0.05) is 31.5 Å². The maximum Gasteiger partial charge on any atom is 0.0483 e. The Morgan fingerprint density at radius 1 is 1.29 bits per heavy atom. The topological polar surface area (TPSA) is 30.9 Å². The Kier molecular flexibility index (Phi) is 3.85. The van der Waals surface area contributed by atoms with Crippen molar-refractivity contribution in [2.75, 3.05) is 0 Å². The van der Waals surface area contributed by atoms with Crippen molar-refractivity contribution in [1.29, 1.82) is 0 Å². The molecule has 2 aromatic rings. The highest BCUT2D eigenvalue weighted by atomic mass is 15.0. The van der Waals surface area contributed by atoms with Gasteiger partial charge in [-0.15, -0.1) is 0 Å². The van der Waals surface area contributed by atoms with E-state index in [4.69, 9.17) is 5.73 Å². The smallest absolute Gasteiger partial charge is 0.0483 e. The number of fused-ring (bicyclic) bond motifs is 1. The van der Waals surface area contributed by atoms with E-state index < -0.39 is 0 Å². The van der Waals surface area contributed by atoms with Gasteiger partial charge in [0.1, 0.15) is 0 Å². The van der Waals surface area contributed by atoms with Gasteiger partial charge in [0.25, 0.3) is 0 Å². The number of hydrogen-bond acceptors (Lipinski definition) is 1. The van der Waals surface area contributed by atoms with Crippen molar-refractivity contribution in [2.24, 2.45) is 5.73 Å². The van der Waals surface area contributed by atoms with Gasteiger partial charge in [0.05, 0.1) is 0 Å². The first-order valence-corrected chi connectivity index (χ1v) is 6.54. The zero-order valence-corrected chi connectivity index (χ0v) is 10.8. The average Bonchev–Trinajstić information content (AvgIpc) is 2.65. The molecule has 2 heteroatoms. The summed E-state index contributed by atoms with van der Waals surface area (Å²) in [7, 11) is 0. The third-order valence-electron chi connectivity index (χ3n) is 3.17. The highest BCUT2D eigenvalue weighted by Crippen LogP contribution is 2.22. The number of unbranched alkanes of at least 4 members (excludes halogenated alkanes) is 1. The molecule has 1 unspecified atom stereocenters. The van der Waals surface area contributed by atoms with Crippen LogP contribution in [-0.4, -0.2) is 10.6 Å². The summed E-state index contributed by atoms with van der Waals surface area (Å²) in [6.45, 7) is 5.41. The Morgan fingerprint density at radius 2 is 2.06 bits per heavy atom. The first kappa shape index (κ1) is 12.2. The van der Waals surface area contributed by atoms with Crippen LogP contribution in [0.2, 0.25) is 0 Å². The molecule has 1 atom stereocenters. The van der Waals surface area contributed by atoms with Crippen molar-refractivity contribution in [1.82, 2.24) is 4.57 Å². The minimum atomic E-state index is 0.223. The number of benzene rings is 1. The predicted octanol–water partition coefficient (Wildman–Crippen LogP) is 3.33. The van der Waals surface area contributed by atoms with E-state index in [0.29, 0.717) is 0 Å². The lowest BCUT2D eigenvalue weighted by Gasteiger charge is -2.03. The number of aryl methyl sites for hydroxylation is 1. The van der Waals surface area contributed by atoms with Gasteiger partial charge < -0.3 is 10.3 Å². The third kappa shape index (κ3) is 2.70. The molecule has 0 aliphatic carbocycles. The zero-order chi connectivity index (χ0) is 12.3. The molecular formula is C15H22N2. The number of rotatable bonds is 5. The number of nitrogens with two attached hydrogens (primary N) is 1. The minimum absolute atomic E-state index is 0.223. The quantitative estimate of drug-likeness (QED) is 0.839. The van der Waals surface area contributed by atoms with Gasteiger partial charge in [0.15, 0.2) is 0 Å². The maximum absolute atomic E-state index is 5.92. The molecule has 0 amide bonds. The fraction of sp³-hybridized carbons (Fsp3) is 0.467. The van der Waals surface area contributed by atoms with Crippen LogP contribution in [0.25, 0.3) is 10.9 Å². The predicted molar refractivity (Wildman–Crippen MR) is 74.2 cm³/mol. The van der Waals surface area contributed by atoms with E-state index in [-0.39, 0.29) is 6.04 Å².